The standard InChI is InChI=1S/C20H23FN6O3/c1-10-3-4-12(21)7-11(10)8-27(2)20(30)16-15-18(22-9-23-19(15)26-25-16)24-13-5-6-14(28)17(13)29/h3-4,7,9,13-14,17,28-29H,5-6,8H2,1-2H3,(H2,22,23,24,25,26)/t13-,14-,17+/m1/s1. The molecule has 1 amide bonds. The van der Waals surface area contributed by atoms with Crippen molar-refractivity contribution < 1.29 is 19.4 Å². The van der Waals surface area contributed by atoms with Crippen LogP contribution in [0, 0.1) is 12.7 Å². The van der Waals surface area contributed by atoms with E-state index in [-0.39, 0.29) is 24.0 Å². The third-order valence-corrected chi connectivity index (χ3v) is 5.53. The minimum absolute atomic E-state index is 0.123. The maximum Gasteiger partial charge on any atom is 0.275 e. The molecule has 3 atom stereocenters. The molecule has 0 aliphatic heterocycles. The number of H-pyrrole nitrogens is 1. The van der Waals surface area contributed by atoms with E-state index in [1.54, 1.807) is 13.1 Å². The Kier molecular flexibility index (Phi) is 5.35. The number of rotatable bonds is 5. The zero-order valence-corrected chi connectivity index (χ0v) is 16.6. The van der Waals surface area contributed by atoms with E-state index in [9.17, 15) is 19.4 Å². The van der Waals surface area contributed by atoms with Gasteiger partial charge in [0.05, 0.1) is 23.6 Å². The lowest BCUT2D eigenvalue weighted by molar-refractivity contribution is 0.0392. The van der Waals surface area contributed by atoms with Crippen LogP contribution in [0.2, 0.25) is 0 Å². The highest BCUT2D eigenvalue weighted by molar-refractivity contribution is 6.07. The molecule has 10 heteroatoms. The van der Waals surface area contributed by atoms with Crippen LogP contribution < -0.4 is 5.32 Å². The number of aromatic amines is 1. The fourth-order valence-corrected chi connectivity index (χ4v) is 3.74. The second-order valence-corrected chi connectivity index (χ2v) is 7.64. The molecule has 0 radical (unpaired) electrons. The fraction of sp³-hybridized carbons (Fsp3) is 0.400. The fourth-order valence-electron chi connectivity index (χ4n) is 3.74. The van der Waals surface area contributed by atoms with E-state index in [1.807, 2.05) is 6.92 Å². The van der Waals surface area contributed by atoms with Crippen molar-refractivity contribution in [2.45, 2.75) is 44.6 Å². The Balaban J connectivity index is 1.62. The maximum atomic E-state index is 13.6. The van der Waals surface area contributed by atoms with Gasteiger partial charge in [-0.05, 0) is 43.0 Å². The Hall–Kier alpha value is -3.11. The van der Waals surface area contributed by atoms with Gasteiger partial charge in [0.25, 0.3) is 5.91 Å². The van der Waals surface area contributed by atoms with E-state index < -0.39 is 18.2 Å². The topological polar surface area (TPSA) is 127 Å². The first-order valence-corrected chi connectivity index (χ1v) is 9.67. The van der Waals surface area contributed by atoms with Gasteiger partial charge in [-0.3, -0.25) is 9.89 Å². The molecule has 0 saturated heterocycles. The number of carbonyl (C=O) groups excluding carboxylic acids is 1. The predicted octanol–water partition coefficient (Wildman–Crippen LogP) is 1.37. The number of halogens is 1. The predicted molar refractivity (Wildman–Crippen MR) is 107 cm³/mol. The molecule has 30 heavy (non-hydrogen) atoms. The second kappa shape index (κ2) is 7.96. The summed E-state index contributed by atoms with van der Waals surface area (Å²) in [7, 11) is 1.61. The summed E-state index contributed by atoms with van der Waals surface area (Å²) in [5.41, 5.74) is 2.07. The third-order valence-electron chi connectivity index (χ3n) is 5.53. The number of amides is 1. The molecule has 1 aliphatic rings. The highest BCUT2D eigenvalue weighted by Gasteiger charge is 2.34. The van der Waals surface area contributed by atoms with Crippen molar-refractivity contribution in [3.63, 3.8) is 0 Å². The maximum absolute atomic E-state index is 13.6. The van der Waals surface area contributed by atoms with Gasteiger partial charge in [0.2, 0.25) is 0 Å². The first-order valence-electron chi connectivity index (χ1n) is 9.67. The van der Waals surface area contributed by atoms with Crippen LogP contribution in [0.4, 0.5) is 10.2 Å². The molecule has 9 nitrogen and oxygen atoms in total. The molecule has 2 heterocycles. The Labute approximate surface area is 172 Å². The first-order chi connectivity index (χ1) is 14.3. The lowest BCUT2D eigenvalue weighted by atomic mass is 10.1. The van der Waals surface area contributed by atoms with Crippen molar-refractivity contribution >= 4 is 22.8 Å². The largest absolute Gasteiger partial charge is 0.390 e. The zero-order valence-electron chi connectivity index (χ0n) is 16.6. The minimum Gasteiger partial charge on any atom is -0.390 e. The second-order valence-electron chi connectivity index (χ2n) is 7.64. The van der Waals surface area contributed by atoms with E-state index in [0.29, 0.717) is 35.3 Å². The van der Waals surface area contributed by atoms with Gasteiger partial charge >= 0.3 is 0 Å². The lowest BCUT2D eigenvalue weighted by Gasteiger charge is -2.20. The lowest BCUT2D eigenvalue weighted by Crippen LogP contribution is -2.34. The number of hydrogen-bond donors (Lipinski definition) is 4. The molecule has 0 spiro atoms. The number of aryl methyl sites for hydroxylation is 1. The Bertz CT molecular complexity index is 1090. The van der Waals surface area contributed by atoms with Gasteiger partial charge in [0.1, 0.15) is 18.0 Å². The number of hydrogen-bond acceptors (Lipinski definition) is 7. The van der Waals surface area contributed by atoms with Crippen molar-refractivity contribution in [3.8, 4) is 0 Å². The summed E-state index contributed by atoms with van der Waals surface area (Å²) in [6.07, 6.45) is 0.633. The summed E-state index contributed by atoms with van der Waals surface area (Å²) in [5, 5.41) is 30.3. The van der Waals surface area contributed by atoms with E-state index in [4.69, 9.17) is 0 Å². The van der Waals surface area contributed by atoms with Crippen LogP contribution in [0.15, 0.2) is 24.5 Å². The summed E-state index contributed by atoms with van der Waals surface area (Å²) in [6.45, 7) is 2.06. The molecule has 1 saturated carbocycles. The summed E-state index contributed by atoms with van der Waals surface area (Å²) in [6, 6.07) is 4.06. The van der Waals surface area contributed by atoms with Crippen molar-refractivity contribution in [1.29, 1.82) is 0 Å². The van der Waals surface area contributed by atoms with Gasteiger partial charge in [-0.2, -0.15) is 5.10 Å². The highest BCUT2D eigenvalue weighted by Crippen LogP contribution is 2.28. The van der Waals surface area contributed by atoms with Crippen molar-refractivity contribution in [3.05, 3.63) is 47.2 Å². The number of nitrogens with zero attached hydrogens (tertiary/aromatic N) is 4. The Morgan fingerprint density at radius 3 is 2.87 bits per heavy atom. The molecule has 0 unspecified atom stereocenters. The van der Waals surface area contributed by atoms with Crippen LogP contribution in [0.5, 0.6) is 0 Å². The van der Waals surface area contributed by atoms with Crippen LogP contribution in [0.3, 0.4) is 0 Å². The number of aliphatic hydroxyl groups excluding tert-OH is 2. The highest BCUT2D eigenvalue weighted by atomic mass is 19.1. The molecule has 1 aromatic carbocycles. The van der Waals surface area contributed by atoms with Crippen LogP contribution in [0.25, 0.3) is 11.0 Å². The average Bonchev–Trinajstić information content (AvgIpc) is 3.29. The van der Waals surface area contributed by atoms with Gasteiger partial charge in [-0.25, -0.2) is 14.4 Å². The van der Waals surface area contributed by atoms with E-state index >= 15 is 0 Å². The number of carbonyl (C=O) groups is 1. The third kappa shape index (κ3) is 3.71. The van der Waals surface area contributed by atoms with Gasteiger partial charge in [0.15, 0.2) is 11.3 Å². The minimum atomic E-state index is -0.931. The summed E-state index contributed by atoms with van der Waals surface area (Å²) in [5.74, 6) is -0.390. The van der Waals surface area contributed by atoms with Crippen molar-refractivity contribution in [1.82, 2.24) is 25.1 Å². The van der Waals surface area contributed by atoms with Crippen LogP contribution in [0.1, 0.15) is 34.5 Å². The number of anilines is 1. The summed E-state index contributed by atoms with van der Waals surface area (Å²) < 4.78 is 13.6. The molecule has 4 rings (SSSR count). The molecule has 2 aromatic heterocycles. The SMILES string of the molecule is Cc1ccc(F)cc1CN(C)C(=O)c1n[nH]c2ncnc(N[C@@H]3CC[C@@H](O)[C@H]3O)c12. The van der Waals surface area contributed by atoms with Gasteiger partial charge < -0.3 is 20.4 Å². The Morgan fingerprint density at radius 1 is 1.33 bits per heavy atom. The van der Waals surface area contributed by atoms with Gasteiger partial charge in [-0.1, -0.05) is 6.07 Å². The van der Waals surface area contributed by atoms with E-state index in [2.05, 4.69) is 25.5 Å². The monoisotopic (exact) mass is 414 g/mol. The molecule has 3 aromatic rings. The van der Waals surface area contributed by atoms with Crippen LogP contribution in [-0.4, -0.2) is 66.5 Å². The summed E-state index contributed by atoms with van der Waals surface area (Å²) in [4.78, 5) is 22.9. The van der Waals surface area contributed by atoms with Gasteiger partial charge in [-0.15, -0.1) is 0 Å². The molecule has 1 fully saturated rings. The number of aromatic nitrogens is 4. The first kappa shape index (κ1) is 20.2. The van der Waals surface area contributed by atoms with Crippen molar-refractivity contribution in [2.24, 2.45) is 0 Å². The van der Waals surface area contributed by atoms with Gasteiger partial charge in [0, 0.05) is 13.6 Å². The quantitative estimate of drug-likeness (QED) is 0.496. The Morgan fingerprint density at radius 2 is 2.13 bits per heavy atom. The average molecular weight is 414 g/mol. The zero-order chi connectivity index (χ0) is 21.4. The molecule has 4 N–H and O–H groups in total. The molecular formula is C20H23FN6O3. The molecular weight excluding hydrogens is 391 g/mol. The van der Waals surface area contributed by atoms with Crippen LogP contribution in [-0.2, 0) is 6.54 Å². The number of nitrogens with one attached hydrogen (secondary N) is 2. The summed E-state index contributed by atoms with van der Waals surface area (Å²) >= 11 is 0. The molecule has 1 aliphatic carbocycles. The van der Waals surface area contributed by atoms with E-state index in [0.717, 1.165) is 5.56 Å². The van der Waals surface area contributed by atoms with Crippen LogP contribution >= 0.6 is 0 Å². The number of benzene rings is 1. The smallest absolute Gasteiger partial charge is 0.275 e. The van der Waals surface area contributed by atoms with E-state index in [1.165, 1.54) is 23.4 Å². The molecule has 0 bridgehead atoms. The molecule has 158 valence electrons. The number of fused-ring (bicyclic) bond motifs is 1. The number of aliphatic hydroxyl groups is 2. The normalized spacial score (nSPS) is 21.2. The van der Waals surface area contributed by atoms with Crippen molar-refractivity contribution in [2.75, 3.05) is 12.4 Å².